The summed E-state index contributed by atoms with van der Waals surface area (Å²) in [7, 11) is -3.55. The Morgan fingerprint density at radius 2 is 1.88 bits per heavy atom. The first-order valence-corrected chi connectivity index (χ1v) is 10.8. The maximum Gasteiger partial charge on any atom is 0.238 e. The summed E-state index contributed by atoms with van der Waals surface area (Å²) in [4.78, 5) is 14.0. The van der Waals surface area contributed by atoms with Gasteiger partial charge in [0.05, 0.1) is 5.75 Å². The van der Waals surface area contributed by atoms with Gasteiger partial charge in [-0.3, -0.25) is 4.79 Å². The van der Waals surface area contributed by atoms with E-state index in [1.54, 1.807) is 24.3 Å². The van der Waals surface area contributed by atoms with E-state index in [9.17, 15) is 13.2 Å². The van der Waals surface area contributed by atoms with Gasteiger partial charge in [-0.1, -0.05) is 57.9 Å². The highest BCUT2D eigenvalue weighted by Gasteiger charge is 2.22. The fraction of sp³-hybridized carbons (Fsp3) is 0.278. The summed E-state index contributed by atoms with van der Waals surface area (Å²) in [6.45, 7) is 2.52. The Bertz CT molecular complexity index is 855. The number of hydrogen-bond acceptors (Lipinski definition) is 3. The lowest BCUT2D eigenvalue weighted by Crippen LogP contribution is -2.35. The number of sulfone groups is 1. The molecule has 134 valence electrons. The normalized spacial score (nSPS) is 11.3. The average Bonchev–Trinajstić information content (AvgIpc) is 2.53. The molecule has 0 N–H and O–H groups in total. The summed E-state index contributed by atoms with van der Waals surface area (Å²) in [5.74, 6) is -1.10. The van der Waals surface area contributed by atoms with Crippen molar-refractivity contribution in [1.29, 1.82) is 0 Å². The molecule has 0 atom stereocenters. The molecule has 0 heterocycles. The van der Waals surface area contributed by atoms with Gasteiger partial charge in [0.15, 0.2) is 9.84 Å². The number of nitrogens with zero attached hydrogens (tertiary/aromatic N) is 1. The monoisotopic (exact) mass is 443 g/mol. The summed E-state index contributed by atoms with van der Waals surface area (Å²) >= 11 is 9.44. The zero-order valence-electron chi connectivity index (χ0n) is 13.8. The van der Waals surface area contributed by atoms with Crippen LogP contribution in [0.2, 0.25) is 5.02 Å². The van der Waals surface area contributed by atoms with Crippen LogP contribution in [0, 0.1) is 0 Å². The molecule has 0 fully saturated rings. The van der Waals surface area contributed by atoms with Crippen molar-refractivity contribution in [2.75, 3.05) is 12.3 Å². The standard InChI is InChI=1S/C18H19BrClNO3S/c1-2-21(11-15-7-3-4-9-17(15)20)18(22)13-25(23,24)12-14-6-5-8-16(19)10-14/h3-10H,2,11-13H2,1H3. The molecule has 7 heteroatoms. The highest BCUT2D eigenvalue weighted by Crippen LogP contribution is 2.18. The van der Waals surface area contributed by atoms with E-state index in [-0.39, 0.29) is 5.75 Å². The van der Waals surface area contributed by atoms with Gasteiger partial charge in [0.2, 0.25) is 5.91 Å². The molecule has 0 saturated carbocycles. The first-order chi connectivity index (χ1) is 11.8. The molecular formula is C18H19BrClNO3S. The maximum atomic E-state index is 12.5. The Labute approximate surface area is 161 Å². The van der Waals surface area contributed by atoms with Crippen molar-refractivity contribution in [3.05, 3.63) is 69.2 Å². The largest absolute Gasteiger partial charge is 0.338 e. The van der Waals surface area contributed by atoms with Crippen LogP contribution < -0.4 is 0 Å². The first kappa shape index (κ1) is 19.9. The summed E-state index contributed by atoms with van der Waals surface area (Å²) in [6.07, 6.45) is 0. The Kier molecular flexibility index (Phi) is 7.04. The van der Waals surface area contributed by atoms with Gasteiger partial charge in [0.1, 0.15) is 5.75 Å². The van der Waals surface area contributed by atoms with E-state index in [1.807, 2.05) is 31.2 Å². The molecule has 0 aliphatic carbocycles. The second-order valence-electron chi connectivity index (χ2n) is 5.66. The van der Waals surface area contributed by atoms with Crippen molar-refractivity contribution >= 4 is 43.3 Å². The summed E-state index contributed by atoms with van der Waals surface area (Å²) in [5, 5.41) is 0.561. The van der Waals surface area contributed by atoms with Crippen LogP contribution in [0.25, 0.3) is 0 Å². The van der Waals surface area contributed by atoms with E-state index >= 15 is 0 Å². The number of carbonyl (C=O) groups is 1. The van der Waals surface area contributed by atoms with Gasteiger partial charge in [-0.25, -0.2) is 8.42 Å². The summed E-state index contributed by atoms with van der Waals surface area (Å²) in [6, 6.07) is 14.3. The molecule has 0 unspecified atom stereocenters. The SMILES string of the molecule is CCN(Cc1ccccc1Cl)C(=O)CS(=O)(=O)Cc1cccc(Br)c1. The third kappa shape index (κ3) is 6.13. The average molecular weight is 445 g/mol. The van der Waals surface area contributed by atoms with Crippen molar-refractivity contribution in [2.24, 2.45) is 0 Å². The first-order valence-electron chi connectivity index (χ1n) is 7.77. The molecule has 4 nitrogen and oxygen atoms in total. The lowest BCUT2D eigenvalue weighted by atomic mass is 10.2. The van der Waals surface area contributed by atoms with Crippen LogP contribution in [-0.4, -0.2) is 31.5 Å². The lowest BCUT2D eigenvalue weighted by Gasteiger charge is -2.21. The molecule has 0 radical (unpaired) electrons. The number of hydrogen-bond donors (Lipinski definition) is 0. The lowest BCUT2D eigenvalue weighted by molar-refractivity contribution is -0.128. The molecule has 0 aliphatic heterocycles. The molecular weight excluding hydrogens is 426 g/mol. The number of carbonyl (C=O) groups excluding carboxylic acids is 1. The van der Waals surface area contributed by atoms with Gasteiger partial charge in [-0.15, -0.1) is 0 Å². The van der Waals surface area contributed by atoms with E-state index in [4.69, 9.17) is 11.6 Å². The third-order valence-corrected chi connectivity index (χ3v) is 5.99. The topological polar surface area (TPSA) is 54.5 Å². The van der Waals surface area contributed by atoms with Gasteiger partial charge >= 0.3 is 0 Å². The molecule has 0 bridgehead atoms. The highest BCUT2D eigenvalue weighted by molar-refractivity contribution is 9.10. The minimum atomic E-state index is -3.55. The number of halogens is 2. The van der Waals surface area contributed by atoms with E-state index in [0.29, 0.717) is 23.7 Å². The van der Waals surface area contributed by atoms with Crippen LogP contribution in [0.3, 0.4) is 0 Å². The van der Waals surface area contributed by atoms with Gasteiger partial charge in [-0.2, -0.15) is 0 Å². The summed E-state index contributed by atoms with van der Waals surface area (Å²) in [5.41, 5.74) is 1.44. The Morgan fingerprint density at radius 3 is 2.52 bits per heavy atom. The van der Waals surface area contributed by atoms with Gasteiger partial charge in [-0.05, 0) is 36.2 Å². The fourth-order valence-electron chi connectivity index (χ4n) is 2.42. The molecule has 0 aromatic heterocycles. The van der Waals surface area contributed by atoms with Crippen molar-refractivity contribution in [1.82, 2.24) is 4.90 Å². The minimum absolute atomic E-state index is 0.165. The van der Waals surface area contributed by atoms with Crippen LogP contribution >= 0.6 is 27.5 Å². The molecule has 2 rings (SSSR count). The predicted octanol–water partition coefficient (Wildman–Crippen LogP) is 4.07. The third-order valence-electron chi connectivity index (χ3n) is 3.67. The quantitative estimate of drug-likeness (QED) is 0.647. The van der Waals surface area contributed by atoms with Crippen LogP contribution in [0.4, 0.5) is 0 Å². The smallest absolute Gasteiger partial charge is 0.238 e. The van der Waals surface area contributed by atoms with E-state index in [2.05, 4.69) is 15.9 Å². The molecule has 0 spiro atoms. The summed E-state index contributed by atoms with van der Waals surface area (Å²) < 4.78 is 25.6. The number of benzene rings is 2. The Morgan fingerprint density at radius 1 is 1.16 bits per heavy atom. The number of amides is 1. The van der Waals surface area contributed by atoms with Crippen molar-refractivity contribution in [2.45, 2.75) is 19.2 Å². The predicted molar refractivity (Wildman–Crippen MR) is 104 cm³/mol. The van der Waals surface area contributed by atoms with Crippen molar-refractivity contribution < 1.29 is 13.2 Å². The maximum absolute atomic E-state index is 12.5. The van der Waals surface area contributed by atoms with E-state index in [0.717, 1.165) is 10.0 Å². The van der Waals surface area contributed by atoms with Gasteiger partial charge in [0, 0.05) is 22.6 Å². The van der Waals surface area contributed by atoms with Gasteiger partial charge in [0.25, 0.3) is 0 Å². The van der Waals surface area contributed by atoms with Crippen LogP contribution in [0.15, 0.2) is 53.0 Å². The molecule has 0 saturated heterocycles. The second-order valence-corrected chi connectivity index (χ2v) is 9.05. The molecule has 1 amide bonds. The van der Waals surface area contributed by atoms with Crippen LogP contribution in [0.1, 0.15) is 18.1 Å². The van der Waals surface area contributed by atoms with Gasteiger partial charge < -0.3 is 4.90 Å². The second kappa shape index (κ2) is 8.83. The zero-order valence-corrected chi connectivity index (χ0v) is 16.9. The fourth-order valence-corrected chi connectivity index (χ4v) is 4.41. The minimum Gasteiger partial charge on any atom is -0.338 e. The van der Waals surface area contributed by atoms with E-state index in [1.165, 1.54) is 4.90 Å². The molecule has 25 heavy (non-hydrogen) atoms. The van der Waals surface area contributed by atoms with Crippen molar-refractivity contribution in [3.8, 4) is 0 Å². The number of rotatable bonds is 7. The Balaban J connectivity index is 2.06. The van der Waals surface area contributed by atoms with Crippen molar-refractivity contribution in [3.63, 3.8) is 0 Å². The molecule has 2 aromatic carbocycles. The van der Waals surface area contributed by atoms with Crippen LogP contribution in [-0.2, 0) is 26.9 Å². The van der Waals surface area contributed by atoms with E-state index < -0.39 is 21.5 Å². The zero-order chi connectivity index (χ0) is 18.4. The highest BCUT2D eigenvalue weighted by atomic mass is 79.9. The van der Waals surface area contributed by atoms with Crippen LogP contribution in [0.5, 0.6) is 0 Å². The molecule has 2 aromatic rings. The Hall–Kier alpha value is -1.37. The molecule has 0 aliphatic rings.